The van der Waals surface area contributed by atoms with Gasteiger partial charge in [-0.2, -0.15) is 0 Å². The van der Waals surface area contributed by atoms with E-state index in [1.807, 2.05) is 30.3 Å². The summed E-state index contributed by atoms with van der Waals surface area (Å²) in [5.74, 6) is -0.112. The van der Waals surface area contributed by atoms with Crippen molar-refractivity contribution in [2.75, 3.05) is 7.11 Å². The fourth-order valence-electron chi connectivity index (χ4n) is 2.47. The summed E-state index contributed by atoms with van der Waals surface area (Å²) >= 11 is 0. The molecular formula is C13H16O2. The van der Waals surface area contributed by atoms with Gasteiger partial charge in [-0.3, -0.25) is 4.79 Å². The first-order valence-corrected chi connectivity index (χ1v) is 5.18. The van der Waals surface area contributed by atoms with Gasteiger partial charge in [0.05, 0.1) is 12.5 Å². The molecule has 80 valence electrons. The van der Waals surface area contributed by atoms with Crippen LogP contribution in [0, 0.1) is 5.41 Å². The van der Waals surface area contributed by atoms with Crippen LogP contribution >= 0.6 is 0 Å². The smallest absolute Gasteiger partial charge is 0.316 e. The van der Waals surface area contributed by atoms with Gasteiger partial charge in [-0.05, 0) is 17.4 Å². The molecule has 0 saturated heterocycles. The highest BCUT2D eigenvalue weighted by Crippen LogP contribution is 2.64. The highest BCUT2D eigenvalue weighted by atomic mass is 16.5. The fraction of sp³-hybridized carbons (Fsp3) is 0.462. The SMILES string of the molecule is COC(=O)C1(c2ccccc2)CC1(C)C. The van der Waals surface area contributed by atoms with Gasteiger partial charge < -0.3 is 4.74 Å². The van der Waals surface area contributed by atoms with E-state index < -0.39 is 5.41 Å². The van der Waals surface area contributed by atoms with Gasteiger partial charge in [0.25, 0.3) is 0 Å². The maximum atomic E-state index is 11.9. The van der Waals surface area contributed by atoms with Gasteiger partial charge in [0, 0.05) is 0 Å². The minimum atomic E-state index is -0.414. The number of hydrogen-bond donors (Lipinski definition) is 0. The molecule has 1 fully saturated rings. The summed E-state index contributed by atoms with van der Waals surface area (Å²) in [6.45, 7) is 4.22. The largest absolute Gasteiger partial charge is 0.468 e. The molecule has 0 amide bonds. The van der Waals surface area contributed by atoms with E-state index in [0.29, 0.717) is 0 Å². The second-order valence-electron chi connectivity index (χ2n) is 4.82. The molecule has 2 rings (SSSR count). The van der Waals surface area contributed by atoms with Crippen molar-refractivity contribution in [3.05, 3.63) is 35.9 Å². The topological polar surface area (TPSA) is 26.3 Å². The van der Waals surface area contributed by atoms with Crippen LogP contribution in [0.15, 0.2) is 30.3 Å². The third-order valence-corrected chi connectivity index (χ3v) is 3.54. The Hall–Kier alpha value is -1.31. The number of methoxy groups -OCH3 is 1. The maximum Gasteiger partial charge on any atom is 0.316 e. The lowest BCUT2D eigenvalue weighted by Gasteiger charge is -2.18. The van der Waals surface area contributed by atoms with Crippen LogP contribution in [0.1, 0.15) is 25.8 Å². The molecule has 0 bridgehead atoms. The second-order valence-corrected chi connectivity index (χ2v) is 4.82. The normalized spacial score (nSPS) is 27.1. The van der Waals surface area contributed by atoms with Gasteiger partial charge in [0.2, 0.25) is 0 Å². The summed E-state index contributed by atoms with van der Waals surface area (Å²) in [5, 5.41) is 0. The van der Waals surface area contributed by atoms with Crippen molar-refractivity contribution in [2.24, 2.45) is 5.41 Å². The number of ether oxygens (including phenoxy) is 1. The Morgan fingerprint density at radius 2 is 1.80 bits per heavy atom. The van der Waals surface area contributed by atoms with Gasteiger partial charge in [0.1, 0.15) is 0 Å². The van der Waals surface area contributed by atoms with Crippen molar-refractivity contribution >= 4 is 5.97 Å². The van der Waals surface area contributed by atoms with E-state index in [2.05, 4.69) is 13.8 Å². The zero-order valence-electron chi connectivity index (χ0n) is 9.41. The molecule has 2 nitrogen and oxygen atoms in total. The first-order chi connectivity index (χ1) is 7.04. The van der Waals surface area contributed by atoms with Crippen LogP contribution in [0.4, 0.5) is 0 Å². The van der Waals surface area contributed by atoms with Gasteiger partial charge >= 0.3 is 5.97 Å². The molecule has 1 aliphatic carbocycles. The number of carbonyl (C=O) groups is 1. The molecule has 1 aliphatic rings. The predicted molar refractivity (Wildman–Crippen MR) is 58.5 cm³/mol. The van der Waals surface area contributed by atoms with E-state index >= 15 is 0 Å². The minimum absolute atomic E-state index is 0.0153. The van der Waals surface area contributed by atoms with Crippen LogP contribution in [0.5, 0.6) is 0 Å². The summed E-state index contributed by atoms with van der Waals surface area (Å²) in [5.41, 5.74) is 0.673. The molecule has 1 aromatic carbocycles. The summed E-state index contributed by atoms with van der Waals surface area (Å²) in [4.78, 5) is 11.9. The first kappa shape index (κ1) is 10.2. The molecule has 1 aromatic rings. The Bertz CT molecular complexity index is 381. The molecule has 0 aromatic heterocycles. The summed E-state index contributed by atoms with van der Waals surface area (Å²) in [7, 11) is 1.46. The number of carbonyl (C=O) groups excluding carboxylic acids is 1. The summed E-state index contributed by atoms with van der Waals surface area (Å²) in [6, 6.07) is 9.91. The Kier molecular flexibility index (Phi) is 2.10. The summed E-state index contributed by atoms with van der Waals surface area (Å²) < 4.78 is 4.93. The Labute approximate surface area is 90.3 Å². The molecule has 0 N–H and O–H groups in total. The molecule has 0 spiro atoms. The van der Waals surface area contributed by atoms with Crippen LogP contribution in [0.2, 0.25) is 0 Å². The third kappa shape index (κ3) is 1.28. The number of benzene rings is 1. The molecule has 15 heavy (non-hydrogen) atoms. The van der Waals surface area contributed by atoms with Crippen LogP contribution in [-0.2, 0) is 14.9 Å². The molecule has 0 heterocycles. The highest BCUT2D eigenvalue weighted by molar-refractivity contribution is 5.88. The van der Waals surface area contributed by atoms with Crippen LogP contribution in [0.3, 0.4) is 0 Å². The Morgan fingerprint density at radius 3 is 2.20 bits per heavy atom. The van der Waals surface area contributed by atoms with E-state index in [9.17, 15) is 4.79 Å². The van der Waals surface area contributed by atoms with E-state index in [1.165, 1.54) is 7.11 Å². The maximum absolute atomic E-state index is 11.9. The van der Waals surface area contributed by atoms with Gasteiger partial charge in [0.15, 0.2) is 0 Å². The van der Waals surface area contributed by atoms with E-state index in [4.69, 9.17) is 4.74 Å². The van der Waals surface area contributed by atoms with E-state index in [0.717, 1.165) is 12.0 Å². The zero-order chi connectivity index (χ0) is 11.1. The number of rotatable bonds is 2. The molecule has 1 atom stereocenters. The fourth-order valence-corrected chi connectivity index (χ4v) is 2.47. The van der Waals surface area contributed by atoms with Crippen molar-refractivity contribution in [2.45, 2.75) is 25.7 Å². The zero-order valence-corrected chi connectivity index (χ0v) is 9.41. The number of esters is 1. The third-order valence-electron chi connectivity index (χ3n) is 3.54. The highest BCUT2D eigenvalue weighted by Gasteiger charge is 2.68. The van der Waals surface area contributed by atoms with Gasteiger partial charge in [-0.15, -0.1) is 0 Å². The van der Waals surface area contributed by atoms with Gasteiger partial charge in [-0.1, -0.05) is 44.2 Å². The lowest BCUT2D eigenvalue weighted by molar-refractivity contribution is -0.144. The number of hydrogen-bond acceptors (Lipinski definition) is 2. The quantitative estimate of drug-likeness (QED) is 0.692. The lowest BCUT2D eigenvalue weighted by Crippen LogP contribution is -2.27. The summed E-state index contributed by atoms with van der Waals surface area (Å²) in [6.07, 6.45) is 0.872. The van der Waals surface area contributed by atoms with Crippen molar-refractivity contribution in [1.29, 1.82) is 0 Å². The van der Waals surface area contributed by atoms with Crippen molar-refractivity contribution in [3.8, 4) is 0 Å². The molecule has 2 heteroatoms. The molecule has 0 radical (unpaired) electrons. The molecular weight excluding hydrogens is 188 g/mol. The lowest BCUT2D eigenvalue weighted by atomic mass is 9.88. The van der Waals surface area contributed by atoms with Crippen molar-refractivity contribution < 1.29 is 9.53 Å². The van der Waals surface area contributed by atoms with Crippen LogP contribution in [0.25, 0.3) is 0 Å². The van der Waals surface area contributed by atoms with Crippen LogP contribution in [-0.4, -0.2) is 13.1 Å². The second kappa shape index (κ2) is 3.09. The monoisotopic (exact) mass is 204 g/mol. The molecule has 1 saturated carbocycles. The predicted octanol–water partition coefficient (Wildman–Crippen LogP) is 2.53. The first-order valence-electron chi connectivity index (χ1n) is 5.18. The van der Waals surface area contributed by atoms with Crippen molar-refractivity contribution in [1.82, 2.24) is 0 Å². The Balaban J connectivity index is 2.44. The molecule has 1 unspecified atom stereocenters. The van der Waals surface area contributed by atoms with Gasteiger partial charge in [-0.25, -0.2) is 0 Å². The van der Waals surface area contributed by atoms with Crippen molar-refractivity contribution in [3.63, 3.8) is 0 Å². The Morgan fingerprint density at radius 1 is 1.27 bits per heavy atom. The van der Waals surface area contributed by atoms with Crippen LogP contribution < -0.4 is 0 Å². The minimum Gasteiger partial charge on any atom is -0.468 e. The van der Waals surface area contributed by atoms with E-state index in [-0.39, 0.29) is 11.4 Å². The average Bonchev–Trinajstić information content (AvgIpc) is 2.83. The standard InChI is InChI=1S/C13H16O2/c1-12(2)9-13(12,11(14)15-3)10-7-5-4-6-8-10/h4-8H,9H2,1-3H3. The average molecular weight is 204 g/mol. The van der Waals surface area contributed by atoms with E-state index in [1.54, 1.807) is 0 Å². The molecule has 0 aliphatic heterocycles.